The summed E-state index contributed by atoms with van der Waals surface area (Å²) in [6, 6.07) is 1.04. The average Bonchev–Trinajstić information content (AvgIpc) is 2.20. The van der Waals surface area contributed by atoms with Gasteiger partial charge in [0.25, 0.3) is 0 Å². The number of carbonyl (C=O) groups excluding carboxylic acids is 1. The second-order valence-electron chi connectivity index (χ2n) is 7.64. The first-order chi connectivity index (χ1) is 8.78. The third-order valence-electron chi connectivity index (χ3n) is 3.84. The number of esters is 1. The first kappa shape index (κ1) is 19.8. The van der Waals surface area contributed by atoms with Gasteiger partial charge in [0.15, 0.2) is 16.2 Å². The number of hydrogen-bond acceptors (Lipinski definition) is 3. The Morgan fingerprint density at radius 2 is 1.55 bits per heavy atom. The molecule has 20 heavy (non-hydrogen) atoms. The summed E-state index contributed by atoms with van der Waals surface area (Å²) in [4.78, 5) is 11.3. The molecule has 0 aliphatic heterocycles. The lowest BCUT2D eigenvalue weighted by atomic mass is 10.4. The van der Waals surface area contributed by atoms with Gasteiger partial charge >= 0.3 is 5.97 Å². The molecule has 0 fully saturated rings. The molecule has 0 heterocycles. The van der Waals surface area contributed by atoms with Crippen molar-refractivity contribution in [1.82, 2.24) is 0 Å². The van der Waals surface area contributed by atoms with Gasteiger partial charge in [0.05, 0.1) is 14.2 Å². The summed E-state index contributed by atoms with van der Waals surface area (Å²) in [5, 5.41) is 0. The van der Waals surface area contributed by atoms with Gasteiger partial charge in [-0.05, 0) is 45.6 Å². The number of hydrogen-bond donors (Lipinski definition) is 0. The van der Waals surface area contributed by atoms with E-state index in [0.29, 0.717) is 12.2 Å². The van der Waals surface area contributed by atoms with Crippen molar-refractivity contribution in [3.05, 3.63) is 12.2 Å². The molecular formula is C14H32O3Si3. The van der Waals surface area contributed by atoms with Crippen LogP contribution >= 0.6 is 0 Å². The highest BCUT2D eigenvalue weighted by atomic mass is 29.3. The first-order valence-corrected chi connectivity index (χ1v) is 17.8. The highest BCUT2D eigenvalue weighted by Crippen LogP contribution is 2.26. The highest BCUT2D eigenvalue weighted by Gasteiger charge is 2.42. The van der Waals surface area contributed by atoms with Gasteiger partial charge in [0, 0.05) is 5.57 Å². The van der Waals surface area contributed by atoms with Gasteiger partial charge < -0.3 is 8.85 Å². The fourth-order valence-electron chi connectivity index (χ4n) is 1.68. The van der Waals surface area contributed by atoms with E-state index in [9.17, 15) is 4.79 Å². The molecule has 0 saturated heterocycles. The van der Waals surface area contributed by atoms with Crippen LogP contribution in [0.15, 0.2) is 12.2 Å². The van der Waals surface area contributed by atoms with Crippen LogP contribution in [0.5, 0.6) is 0 Å². The molecule has 0 aliphatic carbocycles. The Morgan fingerprint density at radius 3 is 1.95 bits per heavy atom. The maximum atomic E-state index is 11.3. The zero-order valence-electron chi connectivity index (χ0n) is 14.6. The van der Waals surface area contributed by atoms with E-state index in [0.717, 1.165) is 12.5 Å². The molecule has 0 saturated carbocycles. The summed E-state index contributed by atoms with van der Waals surface area (Å²) >= 11 is 0. The largest absolute Gasteiger partial charge is 0.462 e. The molecule has 118 valence electrons. The van der Waals surface area contributed by atoms with Crippen LogP contribution in [0.25, 0.3) is 0 Å². The molecule has 0 aromatic heterocycles. The Hall–Kier alpha value is -0.179. The maximum Gasteiger partial charge on any atom is 0.333 e. The molecule has 0 radical (unpaired) electrons. The second-order valence-corrected chi connectivity index (χ2v) is 28.1. The molecular weight excluding hydrogens is 300 g/mol. The maximum absolute atomic E-state index is 11.3. The van der Waals surface area contributed by atoms with E-state index in [1.807, 2.05) is 0 Å². The summed E-state index contributed by atoms with van der Waals surface area (Å²) < 4.78 is 11.8. The van der Waals surface area contributed by atoms with E-state index in [-0.39, 0.29) is 5.97 Å². The molecule has 0 bridgehead atoms. The molecule has 0 aliphatic rings. The minimum absolute atomic E-state index is 0.290. The van der Waals surface area contributed by atoms with Crippen molar-refractivity contribution >= 4 is 29.7 Å². The molecule has 0 spiro atoms. The van der Waals surface area contributed by atoms with Crippen LogP contribution in [0.2, 0.25) is 51.9 Å². The van der Waals surface area contributed by atoms with Gasteiger partial charge in [-0.15, -0.1) is 0 Å². The molecule has 0 aromatic carbocycles. The quantitative estimate of drug-likeness (QED) is 0.287. The Bertz CT molecular complexity index is 357. The predicted molar refractivity (Wildman–Crippen MR) is 94.6 cm³/mol. The minimum atomic E-state index is -1.67. The predicted octanol–water partition coefficient (Wildman–Crippen LogP) is 4.34. The molecule has 0 N–H and O–H groups in total. The fraction of sp³-hybridized carbons (Fsp3) is 0.786. The Kier molecular flexibility index (Phi) is 7.13. The third-order valence-corrected chi connectivity index (χ3v) is 25.0. The van der Waals surface area contributed by atoms with E-state index >= 15 is 0 Å². The van der Waals surface area contributed by atoms with E-state index in [1.54, 1.807) is 6.92 Å². The SMILES string of the molecule is C=C(C)C(=O)OCCC[Si](C)(C)O[Si](C)(C)[Si](C)(C)C. The van der Waals surface area contributed by atoms with Crippen LogP contribution in [0.1, 0.15) is 13.3 Å². The lowest BCUT2D eigenvalue weighted by Crippen LogP contribution is -2.59. The van der Waals surface area contributed by atoms with Crippen LogP contribution in [0.3, 0.4) is 0 Å². The highest BCUT2D eigenvalue weighted by molar-refractivity contribution is 7.38. The van der Waals surface area contributed by atoms with Crippen LogP contribution in [-0.4, -0.2) is 36.3 Å². The van der Waals surface area contributed by atoms with Gasteiger partial charge in [0.2, 0.25) is 0 Å². The van der Waals surface area contributed by atoms with Gasteiger partial charge in [0.1, 0.15) is 0 Å². The van der Waals surface area contributed by atoms with Crippen LogP contribution in [-0.2, 0) is 13.6 Å². The molecule has 0 aromatic rings. The second kappa shape index (κ2) is 7.20. The number of carbonyl (C=O) groups is 1. The monoisotopic (exact) mass is 332 g/mol. The summed E-state index contributed by atoms with van der Waals surface area (Å²) in [5.41, 5.74) is 0.463. The number of ether oxygens (including phenoxy) is 1. The molecule has 0 atom stereocenters. The Labute approximate surface area is 127 Å². The molecule has 0 unspecified atom stereocenters. The lowest BCUT2D eigenvalue weighted by molar-refractivity contribution is -0.138. The third kappa shape index (κ3) is 7.01. The normalized spacial score (nSPS) is 13.2. The van der Waals surface area contributed by atoms with Crippen molar-refractivity contribution in [3.8, 4) is 0 Å². The Morgan fingerprint density at radius 1 is 1.05 bits per heavy atom. The molecule has 6 heteroatoms. The van der Waals surface area contributed by atoms with Crippen molar-refractivity contribution in [2.24, 2.45) is 0 Å². The smallest absolute Gasteiger partial charge is 0.333 e. The minimum Gasteiger partial charge on any atom is -0.462 e. The van der Waals surface area contributed by atoms with Gasteiger partial charge in [-0.3, -0.25) is 0 Å². The van der Waals surface area contributed by atoms with Crippen molar-refractivity contribution in [1.29, 1.82) is 0 Å². The Balaban J connectivity index is 4.27. The lowest BCUT2D eigenvalue weighted by Gasteiger charge is -2.41. The van der Waals surface area contributed by atoms with E-state index in [2.05, 4.69) is 52.4 Å². The molecule has 0 rings (SSSR count). The summed E-state index contributed by atoms with van der Waals surface area (Å²) in [6.07, 6.45) is 0.883. The average molecular weight is 333 g/mol. The van der Waals surface area contributed by atoms with Crippen LogP contribution in [0.4, 0.5) is 0 Å². The summed E-state index contributed by atoms with van der Waals surface area (Å²) in [7, 11) is -4.45. The van der Waals surface area contributed by atoms with Gasteiger partial charge in [-0.25, -0.2) is 4.79 Å². The zero-order valence-corrected chi connectivity index (χ0v) is 17.6. The van der Waals surface area contributed by atoms with Crippen molar-refractivity contribution in [3.63, 3.8) is 0 Å². The molecule has 0 amide bonds. The van der Waals surface area contributed by atoms with E-state index in [1.165, 1.54) is 0 Å². The zero-order chi connectivity index (χ0) is 16.2. The van der Waals surface area contributed by atoms with Crippen LogP contribution in [0, 0.1) is 0 Å². The number of rotatable bonds is 8. The summed E-state index contributed by atoms with van der Waals surface area (Å²) in [5.74, 6) is -0.290. The van der Waals surface area contributed by atoms with E-state index in [4.69, 9.17) is 8.85 Å². The van der Waals surface area contributed by atoms with Crippen molar-refractivity contribution in [2.45, 2.75) is 65.2 Å². The van der Waals surface area contributed by atoms with Crippen molar-refractivity contribution in [2.75, 3.05) is 6.61 Å². The van der Waals surface area contributed by atoms with Gasteiger partial charge in [-0.2, -0.15) is 0 Å². The van der Waals surface area contributed by atoms with Gasteiger partial charge in [-0.1, -0.05) is 26.2 Å². The topological polar surface area (TPSA) is 35.5 Å². The first-order valence-electron chi connectivity index (χ1n) is 7.31. The molecule has 3 nitrogen and oxygen atoms in total. The standard InChI is InChI=1S/C14H32O3Si3/c1-13(2)14(15)16-11-10-12-19(6,7)17-20(8,9)18(3,4)5/h1,10-12H2,2-9H3. The van der Waals surface area contributed by atoms with Crippen molar-refractivity contribution < 1.29 is 13.6 Å². The van der Waals surface area contributed by atoms with Crippen LogP contribution < -0.4 is 0 Å². The van der Waals surface area contributed by atoms with E-state index < -0.39 is 23.7 Å². The fourth-order valence-corrected chi connectivity index (χ4v) is 15.1. The summed E-state index contributed by atoms with van der Waals surface area (Å²) in [6.45, 7) is 22.2.